The second-order valence-electron chi connectivity index (χ2n) is 5.80. The monoisotopic (exact) mass is 327 g/mol. The Kier molecular flexibility index (Phi) is 4.46. The summed E-state index contributed by atoms with van der Waals surface area (Å²) < 4.78 is 32.0. The molecule has 0 saturated carbocycles. The van der Waals surface area contributed by atoms with Crippen LogP contribution < -0.4 is 4.72 Å². The van der Waals surface area contributed by atoms with Gasteiger partial charge in [0.1, 0.15) is 5.76 Å². The number of hydrogen-bond acceptors (Lipinski definition) is 3. The fraction of sp³-hybridized carbons (Fsp3) is 0.333. The summed E-state index contributed by atoms with van der Waals surface area (Å²) in [5.74, 6) is 0.467. The number of nitrogens with one attached hydrogen (secondary N) is 1. The second kappa shape index (κ2) is 5.83. The lowest BCUT2D eigenvalue weighted by atomic mass is 9.87. The highest BCUT2D eigenvalue weighted by Crippen LogP contribution is 2.23. The Bertz CT molecular complexity index is 712. The quantitative estimate of drug-likeness (QED) is 0.931. The first-order valence-corrected chi connectivity index (χ1v) is 8.39. The van der Waals surface area contributed by atoms with E-state index in [1.54, 1.807) is 24.3 Å². The summed E-state index contributed by atoms with van der Waals surface area (Å²) in [5.41, 5.74) is 1.07. The third-order valence-electron chi connectivity index (χ3n) is 3.10. The number of rotatable bonds is 4. The van der Waals surface area contributed by atoms with E-state index in [0.717, 1.165) is 5.56 Å². The van der Waals surface area contributed by atoms with E-state index in [0.29, 0.717) is 5.76 Å². The molecule has 0 aliphatic heterocycles. The summed E-state index contributed by atoms with van der Waals surface area (Å²) in [5, 5.41) is 0.235. The highest BCUT2D eigenvalue weighted by molar-refractivity contribution is 7.89. The Balaban J connectivity index is 2.12. The SMILES string of the molecule is CC(C)(C)c1ccc(S(=O)(=O)NCc2ccc(Cl)o2)cc1. The zero-order valence-electron chi connectivity index (χ0n) is 12.2. The van der Waals surface area contributed by atoms with Crippen molar-refractivity contribution in [3.8, 4) is 0 Å². The van der Waals surface area contributed by atoms with Gasteiger partial charge in [-0.3, -0.25) is 0 Å². The molecule has 0 saturated heterocycles. The Morgan fingerprint density at radius 1 is 1.10 bits per heavy atom. The molecule has 114 valence electrons. The van der Waals surface area contributed by atoms with Crippen LogP contribution in [0.1, 0.15) is 32.1 Å². The Hall–Kier alpha value is -1.30. The summed E-state index contributed by atoms with van der Waals surface area (Å²) in [6.45, 7) is 6.30. The molecule has 0 atom stereocenters. The lowest BCUT2D eigenvalue weighted by Gasteiger charge is -2.19. The molecule has 0 bridgehead atoms. The van der Waals surface area contributed by atoms with Crippen molar-refractivity contribution >= 4 is 21.6 Å². The second-order valence-corrected chi connectivity index (χ2v) is 7.94. The van der Waals surface area contributed by atoms with Crippen molar-refractivity contribution in [2.45, 2.75) is 37.6 Å². The molecule has 1 aromatic carbocycles. The molecule has 0 aliphatic rings. The first-order chi connectivity index (χ1) is 9.68. The van der Waals surface area contributed by atoms with E-state index < -0.39 is 10.0 Å². The van der Waals surface area contributed by atoms with Gasteiger partial charge >= 0.3 is 0 Å². The van der Waals surface area contributed by atoms with Gasteiger partial charge in [-0.05, 0) is 46.8 Å². The third-order valence-corrected chi connectivity index (χ3v) is 4.72. The molecule has 6 heteroatoms. The smallest absolute Gasteiger partial charge is 0.240 e. The van der Waals surface area contributed by atoms with Gasteiger partial charge in [0, 0.05) is 0 Å². The number of furan rings is 1. The van der Waals surface area contributed by atoms with Gasteiger partial charge in [0.15, 0.2) is 5.22 Å². The average Bonchev–Trinajstić information content (AvgIpc) is 2.82. The zero-order chi connectivity index (χ0) is 15.7. The molecular weight excluding hydrogens is 310 g/mol. The van der Waals surface area contributed by atoms with Crippen molar-refractivity contribution in [1.82, 2.24) is 4.72 Å². The van der Waals surface area contributed by atoms with Gasteiger partial charge in [0.2, 0.25) is 10.0 Å². The van der Waals surface area contributed by atoms with Crippen LogP contribution in [0.3, 0.4) is 0 Å². The maximum absolute atomic E-state index is 12.2. The van der Waals surface area contributed by atoms with E-state index in [2.05, 4.69) is 25.5 Å². The van der Waals surface area contributed by atoms with Gasteiger partial charge in [0.25, 0.3) is 0 Å². The molecule has 2 rings (SSSR count). The van der Waals surface area contributed by atoms with Crippen LogP contribution in [0.4, 0.5) is 0 Å². The van der Waals surface area contributed by atoms with Crippen molar-refractivity contribution < 1.29 is 12.8 Å². The van der Waals surface area contributed by atoms with E-state index >= 15 is 0 Å². The minimum absolute atomic E-state index is 0.0133. The van der Waals surface area contributed by atoms with Gasteiger partial charge < -0.3 is 4.42 Å². The number of benzene rings is 1. The molecule has 0 aliphatic carbocycles. The minimum Gasteiger partial charge on any atom is -0.448 e. The average molecular weight is 328 g/mol. The molecule has 0 amide bonds. The molecular formula is C15H18ClNO3S. The first-order valence-electron chi connectivity index (χ1n) is 6.53. The fourth-order valence-corrected chi connectivity index (χ4v) is 2.99. The maximum Gasteiger partial charge on any atom is 0.240 e. The van der Waals surface area contributed by atoms with Gasteiger partial charge in [-0.15, -0.1) is 0 Å². The van der Waals surface area contributed by atoms with Crippen LogP contribution in [0.25, 0.3) is 0 Å². The van der Waals surface area contributed by atoms with E-state index in [9.17, 15) is 8.42 Å². The molecule has 2 aromatic rings. The van der Waals surface area contributed by atoms with E-state index in [4.69, 9.17) is 16.0 Å². The molecule has 1 heterocycles. The number of sulfonamides is 1. The maximum atomic E-state index is 12.2. The van der Waals surface area contributed by atoms with Crippen LogP contribution >= 0.6 is 11.6 Å². The normalized spacial score (nSPS) is 12.6. The van der Waals surface area contributed by atoms with E-state index in [-0.39, 0.29) is 22.1 Å². The van der Waals surface area contributed by atoms with Crippen LogP contribution in [-0.2, 0) is 22.0 Å². The minimum atomic E-state index is -3.56. The number of halogens is 1. The largest absolute Gasteiger partial charge is 0.448 e. The highest BCUT2D eigenvalue weighted by atomic mass is 35.5. The van der Waals surface area contributed by atoms with E-state index in [1.807, 2.05) is 12.1 Å². The van der Waals surface area contributed by atoms with Crippen LogP contribution in [0.5, 0.6) is 0 Å². The Labute approximate surface area is 130 Å². The van der Waals surface area contributed by atoms with Gasteiger partial charge in [0.05, 0.1) is 11.4 Å². The van der Waals surface area contributed by atoms with Crippen molar-refractivity contribution in [3.63, 3.8) is 0 Å². The predicted octanol–water partition coefficient (Wildman–Crippen LogP) is 3.71. The molecule has 0 fully saturated rings. The van der Waals surface area contributed by atoms with Crippen LogP contribution in [-0.4, -0.2) is 8.42 Å². The predicted molar refractivity (Wildman–Crippen MR) is 82.9 cm³/mol. The topological polar surface area (TPSA) is 59.3 Å². The lowest BCUT2D eigenvalue weighted by molar-refractivity contribution is 0.500. The molecule has 0 unspecified atom stereocenters. The summed E-state index contributed by atoms with van der Waals surface area (Å²) in [4.78, 5) is 0.230. The van der Waals surface area contributed by atoms with Gasteiger partial charge in [-0.2, -0.15) is 0 Å². The van der Waals surface area contributed by atoms with Gasteiger partial charge in [-0.1, -0.05) is 32.9 Å². The first kappa shape index (κ1) is 16.1. The number of hydrogen-bond donors (Lipinski definition) is 1. The molecule has 1 N–H and O–H groups in total. The standard InChI is InChI=1S/C15H18ClNO3S/c1-15(2,3)11-4-7-13(8-5-11)21(18,19)17-10-12-6-9-14(16)20-12/h4-9,17H,10H2,1-3H3. The molecule has 0 radical (unpaired) electrons. The Morgan fingerprint density at radius 3 is 2.19 bits per heavy atom. The van der Waals surface area contributed by atoms with Crippen molar-refractivity contribution in [3.05, 3.63) is 52.9 Å². The van der Waals surface area contributed by atoms with Crippen LogP contribution in [0.15, 0.2) is 45.7 Å². The van der Waals surface area contributed by atoms with Crippen LogP contribution in [0.2, 0.25) is 5.22 Å². The molecule has 21 heavy (non-hydrogen) atoms. The third kappa shape index (κ3) is 4.09. The van der Waals surface area contributed by atoms with E-state index in [1.165, 1.54) is 0 Å². The lowest BCUT2D eigenvalue weighted by Crippen LogP contribution is -2.23. The van der Waals surface area contributed by atoms with Crippen LogP contribution in [0, 0.1) is 0 Å². The summed E-state index contributed by atoms with van der Waals surface area (Å²) in [6, 6.07) is 10.1. The summed E-state index contributed by atoms with van der Waals surface area (Å²) in [7, 11) is -3.56. The molecule has 0 spiro atoms. The zero-order valence-corrected chi connectivity index (χ0v) is 13.8. The van der Waals surface area contributed by atoms with Gasteiger partial charge in [-0.25, -0.2) is 13.1 Å². The Morgan fingerprint density at radius 2 is 1.71 bits per heavy atom. The summed E-state index contributed by atoms with van der Waals surface area (Å²) >= 11 is 5.64. The fourth-order valence-electron chi connectivity index (χ4n) is 1.83. The summed E-state index contributed by atoms with van der Waals surface area (Å²) in [6.07, 6.45) is 0. The van der Waals surface area contributed by atoms with Crippen molar-refractivity contribution in [1.29, 1.82) is 0 Å². The highest BCUT2D eigenvalue weighted by Gasteiger charge is 2.17. The molecule has 4 nitrogen and oxygen atoms in total. The molecule has 1 aromatic heterocycles. The van der Waals surface area contributed by atoms with Crippen molar-refractivity contribution in [2.24, 2.45) is 0 Å². The van der Waals surface area contributed by atoms with Crippen molar-refractivity contribution in [2.75, 3.05) is 0 Å².